The van der Waals surface area contributed by atoms with E-state index in [1.807, 2.05) is 0 Å². The van der Waals surface area contributed by atoms with Gasteiger partial charge in [-0.1, -0.05) is 37.1 Å². The minimum absolute atomic E-state index is 0.346. The third kappa shape index (κ3) is 11.2. The van der Waals surface area contributed by atoms with E-state index in [0.29, 0.717) is 0 Å². The summed E-state index contributed by atoms with van der Waals surface area (Å²) in [5.74, 6) is 1.62. The Morgan fingerprint density at radius 1 is 0.636 bits per heavy atom. The normalized spacial score (nSPS) is 27.9. The predicted octanol–water partition coefficient (Wildman–Crippen LogP) is 4.64. The first kappa shape index (κ1) is 20.6. The molecule has 2 N–H and O–H groups in total. The van der Waals surface area contributed by atoms with Crippen molar-refractivity contribution in [2.75, 3.05) is 26.2 Å². The Balaban J connectivity index is 0.000000153. The van der Waals surface area contributed by atoms with Crippen LogP contribution in [0.25, 0.3) is 0 Å². The van der Waals surface area contributed by atoms with Gasteiger partial charge in [0.05, 0.1) is 0 Å². The number of piperidine rings is 2. The van der Waals surface area contributed by atoms with E-state index in [1.165, 1.54) is 71.1 Å². The fraction of sp³-hybridized carbons (Fsp3) is 0.765. The molecule has 5 heteroatoms. The van der Waals surface area contributed by atoms with Crippen molar-refractivity contribution in [3.8, 4) is 0 Å². The van der Waals surface area contributed by atoms with Crippen LogP contribution in [0.4, 0.5) is 0 Å². The van der Waals surface area contributed by atoms with Gasteiger partial charge in [0, 0.05) is 0 Å². The first-order chi connectivity index (χ1) is 10.9. The number of nitrogens with one attached hydrogen (secondary N) is 2. The summed E-state index contributed by atoms with van der Waals surface area (Å²) in [5, 5.41) is 6.57. The zero-order valence-corrected chi connectivity index (χ0v) is 16.6. The molecule has 2 fully saturated rings. The Morgan fingerprint density at radius 2 is 0.955 bits per heavy atom. The van der Waals surface area contributed by atoms with Gasteiger partial charge in [0.25, 0.3) is 0 Å². The first-order valence-corrected chi connectivity index (χ1v) is 13.0. The molecule has 0 saturated carbocycles. The molecule has 0 unspecified atom stereocenters. The topological polar surface area (TPSA) is 24.1 Å². The minimum atomic E-state index is -0.346. The number of rotatable bonds is 0. The second-order valence-electron chi connectivity index (χ2n) is 6.01. The first-order valence-electron chi connectivity index (χ1n) is 8.50. The number of halogens is 2. The molecule has 4 aliphatic rings. The molecule has 2 saturated heterocycles. The Hall–Kier alpha value is 0.603. The molecule has 2 aliphatic heterocycles. The number of fused-ring (bicyclic) bond motifs is 2. The summed E-state index contributed by atoms with van der Waals surface area (Å²) < 4.78 is 0. The fourth-order valence-corrected chi connectivity index (χ4v) is 2.93. The molecule has 2 heterocycles. The number of hydrogen-bond acceptors (Lipinski definition) is 2. The van der Waals surface area contributed by atoms with E-state index in [2.05, 4.69) is 34.9 Å². The van der Waals surface area contributed by atoms with E-state index in [1.54, 1.807) is 0 Å². The summed E-state index contributed by atoms with van der Waals surface area (Å²) >= 11 is -0.346. The van der Waals surface area contributed by atoms with Gasteiger partial charge >= 0.3 is 34.5 Å². The van der Waals surface area contributed by atoms with Crippen molar-refractivity contribution in [1.82, 2.24) is 10.6 Å². The van der Waals surface area contributed by atoms with E-state index in [-0.39, 0.29) is 15.1 Å². The van der Waals surface area contributed by atoms with Crippen LogP contribution in [0.3, 0.4) is 0 Å². The third-order valence-electron chi connectivity index (χ3n) is 4.17. The second-order valence-corrected chi connectivity index (χ2v) is 8.64. The summed E-state index contributed by atoms with van der Waals surface area (Å²) in [6, 6.07) is 0. The standard InChI is InChI=1S/C7H8.2C5H11N.2ClH.Ru/c1-2-7-4-3-6(1)5-7;2*1-2-4-6-5-3-1;;;/h1-4,6-7H,5H2;2*6H,1-5H2;2*1H;/q;;;;;+2/p-2. The van der Waals surface area contributed by atoms with Crippen molar-refractivity contribution in [1.29, 1.82) is 0 Å². The van der Waals surface area contributed by atoms with Crippen LogP contribution in [0, 0.1) is 11.8 Å². The Morgan fingerprint density at radius 3 is 1.05 bits per heavy atom. The van der Waals surface area contributed by atoms with Gasteiger partial charge in [-0.3, -0.25) is 0 Å². The molecule has 22 heavy (non-hydrogen) atoms. The van der Waals surface area contributed by atoms with Gasteiger partial charge < -0.3 is 10.6 Å². The van der Waals surface area contributed by atoms with Crippen LogP contribution in [0.1, 0.15) is 44.9 Å². The van der Waals surface area contributed by atoms with E-state index in [4.69, 9.17) is 19.4 Å². The van der Waals surface area contributed by atoms with Crippen LogP contribution in [0.2, 0.25) is 0 Å². The van der Waals surface area contributed by atoms with Gasteiger partial charge in [-0.2, -0.15) is 0 Å². The zero-order valence-electron chi connectivity index (χ0n) is 13.4. The molecule has 0 aromatic rings. The molecule has 0 radical (unpaired) electrons. The Labute approximate surface area is 152 Å². The van der Waals surface area contributed by atoms with Crippen LogP contribution in [-0.4, -0.2) is 26.2 Å². The molecule has 0 atom stereocenters. The van der Waals surface area contributed by atoms with Gasteiger partial charge in [-0.05, 0) is 70.1 Å². The maximum atomic E-state index is 4.85. The summed E-state index contributed by atoms with van der Waals surface area (Å²) in [6.45, 7) is 5.00. The SMILES string of the molecule is C1=CC2C=CC1C2.C1CCNCC1.C1CCNCC1.[Cl][Ru][Cl]. The van der Waals surface area contributed by atoms with Crippen LogP contribution in [-0.2, 0) is 15.1 Å². The van der Waals surface area contributed by atoms with Crippen LogP contribution >= 0.6 is 19.4 Å². The Kier molecular flexibility index (Phi) is 14.2. The molecule has 2 aliphatic carbocycles. The Bertz CT molecular complexity index is 240. The third-order valence-corrected chi connectivity index (χ3v) is 4.17. The van der Waals surface area contributed by atoms with E-state index in [9.17, 15) is 0 Å². The summed E-state index contributed by atoms with van der Waals surface area (Å²) in [6.07, 6.45) is 19.0. The summed E-state index contributed by atoms with van der Waals surface area (Å²) in [4.78, 5) is 0. The van der Waals surface area contributed by atoms with Crippen molar-refractivity contribution in [3.63, 3.8) is 0 Å². The van der Waals surface area contributed by atoms with Gasteiger partial charge in [0.15, 0.2) is 0 Å². The number of hydrogen-bond donors (Lipinski definition) is 2. The van der Waals surface area contributed by atoms with E-state index in [0.717, 1.165) is 11.8 Å². The van der Waals surface area contributed by atoms with Crippen molar-refractivity contribution in [3.05, 3.63) is 24.3 Å². The molecule has 4 rings (SSSR count). The van der Waals surface area contributed by atoms with Crippen LogP contribution in [0.15, 0.2) is 24.3 Å². The summed E-state index contributed by atoms with van der Waals surface area (Å²) in [5.41, 5.74) is 0. The van der Waals surface area contributed by atoms with E-state index >= 15 is 0 Å². The molecule has 2 bridgehead atoms. The van der Waals surface area contributed by atoms with Gasteiger partial charge in [-0.15, -0.1) is 0 Å². The monoisotopic (exact) mass is 434 g/mol. The van der Waals surface area contributed by atoms with Crippen LogP contribution in [0.5, 0.6) is 0 Å². The van der Waals surface area contributed by atoms with E-state index < -0.39 is 0 Å². The van der Waals surface area contributed by atoms with Crippen molar-refractivity contribution < 1.29 is 15.1 Å². The molecule has 0 spiro atoms. The number of allylic oxidation sites excluding steroid dienone is 4. The predicted molar refractivity (Wildman–Crippen MR) is 95.0 cm³/mol. The fourth-order valence-electron chi connectivity index (χ4n) is 2.93. The zero-order chi connectivity index (χ0) is 15.9. The molecule has 0 amide bonds. The van der Waals surface area contributed by atoms with Crippen LogP contribution < -0.4 is 10.6 Å². The quantitative estimate of drug-likeness (QED) is 0.429. The average molecular weight is 434 g/mol. The van der Waals surface area contributed by atoms with Gasteiger partial charge in [-0.25, -0.2) is 0 Å². The molecule has 2 nitrogen and oxygen atoms in total. The molecule has 130 valence electrons. The summed E-state index contributed by atoms with van der Waals surface area (Å²) in [7, 11) is 9.71. The second kappa shape index (κ2) is 15.1. The molecular weight excluding hydrogens is 404 g/mol. The average Bonchev–Trinajstić information content (AvgIpc) is 3.26. The van der Waals surface area contributed by atoms with Crippen molar-refractivity contribution in [2.45, 2.75) is 44.9 Å². The van der Waals surface area contributed by atoms with Crippen molar-refractivity contribution >= 4 is 19.4 Å². The van der Waals surface area contributed by atoms with Gasteiger partial charge in [0.2, 0.25) is 0 Å². The molecule has 0 aromatic carbocycles. The van der Waals surface area contributed by atoms with Crippen molar-refractivity contribution in [2.24, 2.45) is 11.8 Å². The maximum absolute atomic E-state index is 4.85. The van der Waals surface area contributed by atoms with Gasteiger partial charge in [0.1, 0.15) is 0 Å². The molecule has 0 aromatic heterocycles. The molecular formula is C17H30Cl2N2Ru.